The third-order valence-corrected chi connectivity index (χ3v) is 3.86. The smallest absolute Gasteiger partial charge is 0.355 e. The van der Waals surface area contributed by atoms with Gasteiger partial charge in [0.1, 0.15) is 10.8 Å². The summed E-state index contributed by atoms with van der Waals surface area (Å²) in [5, 5.41) is 9.83. The fourth-order valence-corrected chi connectivity index (χ4v) is 2.76. The van der Waals surface area contributed by atoms with Crippen LogP contribution in [0.15, 0.2) is 24.3 Å². The Bertz CT molecular complexity index is 592. The summed E-state index contributed by atoms with van der Waals surface area (Å²) in [6.45, 7) is 4.45. The Morgan fingerprint density at radius 3 is 2.79 bits per heavy atom. The van der Waals surface area contributed by atoms with Crippen molar-refractivity contribution in [2.24, 2.45) is 0 Å². The molecule has 100 valence electrons. The Kier molecular flexibility index (Phi) is 4.16. The molecule has 0 saturated heterocycles. The molecular weight excluding hydrogens is 262 g/mol. The van der Waals surface area contributed by atoms with E-state index in [2.05, 4.69) is 4.98 Å². The van der Waals surface area contributed by atoms with Crippen molar-refractivity contribution in [2.45, 2.75) is 20.3 Å². The molecule has 0 aliphatic rings. The van der Waals surface area contributed by atoms with Gasteiger partial charge < -0.3 is 9.84 Å². The third kappa shape index (κ3) is 2.93. The molecule has 2 rings (SSSR count). The number of hydrogen-bond acceptors (Lipinski definition) is 4. The van der Waals surface area contributed by atoms with Gasteiger partial charge in [-0.2, -0.15) is 0 Å². The summed E-state index contributed by atoms with van der Waals surface area (Å²) >= 11 is 1.42. The molecule has 0 bridgehead atoms. The fraction of sp³-hybridized carbons (Fsp3) is 0.286. The first-order valence-corrected chi connectivity index (χ1v) is 6.93. The van der Waals surface area contributed by atoms with Crippen LogP contribution in [0.5, 0.6) is 5.75 Å². The van der Waals surface area contributed by atoms with Gasteiger partial charge in [-0.3, -0.25) is 0 Å². The van der Waals surface area contributed by atoms with Crippen molar-refractivity contribution in [1.29, 1.82) is 0 Å². The van der Waals surface area contributed by atoms with E-state index in [-0.39, 0.29) is 5.69 Å². The van der Waals surface area contributed by atoms with Gasteiger partial charge in [0.05, 0.1) is 6.61 Å². The number of ether oxygens (including phenoxy) is 1. The quantitative estimate of drug-likeness (QED) is 0.909. The van der Waals surface area contributed by atoms with E-state index < -0.39 is 5.97 Å². The minimum absolute atomic E-state index is 0.157. The summed E-state index contributed by atoms with van der Waals surface area (Å²) in [6.07, 6.45) is 0.671. The molecule has 1 N–H and O–H groups in total. The molecule has 0 unspecified atom stereocenters. The van der Waals surface area contributed by atoms with Crippen LogP contribution in [0.4, 0.5) is 0 Å². The second kappa shape index (κ2) is 5.84. The highest BCUT2D eigenvalue weighted by Gasteiger charge is 2.17. The van der Waals surface area contributed by atoms with Crippen molar-refractivity contribution in [1.82, 2.24) is 4.98 Å². The van der Waals surface area contributed by atoms with Gasteiger partial charge in [-0.05, 0) is 25.5 Å². The molecule has 0 saturated carbocycles. The highest BCUT2D eigenvalue weighted by molar-refractivity contribution is 7.15. The molecule has 1 aromatic carbocycles. The lowest BCUT2D eigenvalue weighted by molar-refractivity contribution is 0.0690. The van der Waals surface area contributed by atoms with Crippen molar-refractivity contribution in [3.8, 4) is 16.3 Å². The maximum Gasteiger partial charge on any atom is 0.355 e. The molecule has 0 atom stereocenters. The highest BCUT2D eigenvalue weighted by atomic mass is 32.1. The number of carboxylic acids is 1. The van der Waals surface area contributed by atoms with Gasteiger partial charge >= 0.3 is 5.97 Å². The van der Waals surface area contributed by atoms with Gasteiger partial charge in [-0.15, -0.1) is 11.3 Å². The van der Waals surface area contributed by atoms with Crippen molar-refractivity contribution in [3.05, 3.63) is 34.8 Å². The normalized spacial score (nSPS) is 10.4. The summed E-state index contributed by atoms with van der Waals surface area (Å²) < 4.78 is 5.44. The predicted octanol–water partition coefficient (Wildman–Crippen LogP) is 3.47. The molecule has 0 spiro atoms. The molecule has 4 nitrogen and oxygen atoms in total. The molecule has 2 aromatic rings. The van der Waals surface area contributed by atoms with Gasteiger partial charge in [-0.1, -0.05) is 19.1 Å². The first-order valence-electron chi connectivity index (χ1n) is 6.12. The molecule has 1 aromatic heterocycles. The van der Waals surface area contributed by atoms with E-state index in [1.807, 2.05) is 38.1 Å². The van der Waals surface area contributed by atoms with E-state index >= 15 is 0 Å². The lowest BCUT2D eigenvalue weighted by Crippen LogP contribution is -2.00. The number of thiazole rings is 1. The number of aromatic nitrogens is 1. The zero-order valence-corrected chi connectivity index (χ0v) is 11.7. The molecule has 0 aliphatic heterocycles. The van der Waals surface area contributed by atoms with Crippen LogP contribution in [0, 0.1) is 0 Å². The maximum absolute atomic E-state index is 11.1. The number of aromatic carboxylic acids is 1. The van der Waals surface area contributed by atoms with Crippen LogP contribution >= 0.6 is 11.3 Å². The zero-order chi connectivity index (χ0) is 13.8. The van der Waals surface area contributed by atoms with Crippen LogP contribution in [0.25, 0.3) is 10.6 Å². The SMILES string of the molecule is CCOc1cccc(-c2nc(C(=O)O)c(CC)s2)c1. The van der Waals surface area contributed by atoms with Crippen LogP contribution in [-0.4, -0.2) is 22.7 Å². The van der Waals surface area contributed by atoms with Crippen LogP contribution < -0.4 is 4.74 Å². The Morgan fingerprint density at radius 1 is 1.42 bits per heavy atom. The predicted molar refractivity (Wildman–Crippen MR) is 75.1 cm³/mol. The third-order valence-electron chi connectivity index (χ3n) is 2.61. The number of hydrogen-bond donors (Lipinski definition) is 1. The summed E-state index contributed by atoms with van der Waals surface area (Å²) in [4.78, 5) is 16.1. The van der Waals surface area contributed by atoms with Gasteiger partial charge in [0.15, 0.2) is 5.69 Å². The molecule has 19 heavy (non-hydrogen) atoms. The second-order valence-corrected chi connectivity index (χ2v) is 4.99. The monoisotopic (exact) mass is 277 g/mol. The number of aryl methyl sites for hydroxylation is 1. The minimum atomic E-state index is -0.972. The van der Waals surface area contributed by atoms with Crippen molar-refractivity contribution >= 4 is 17.3 Å². The van der Waals surface area contributed by atoms with Crippen molar-refractivity contribution in [2.75, 3.05) is 6.61 Å². The molecule has 0 amide bonds. The van der Waals surface area contributed by atoms with Gasteiger partial charge in [0.2, 0.25) is 0 Å². The highest BCUT2D eigenvalue weighted by Crippen LogP contribution is 2.30. The van der Waals surface area contributed by atoms with Gasteiger partial charge in [0, 0.05) is 10.4 Å². The van der Waals surface area contributed by atoms with Gasteiger partial charge in [-0.25, -0.2) is 9.78 Å². The van der Waals surface area contributed by atoms with Crippen LogP contribution in [0.1, 0.15) is 29.2 Å². The topological polar surface area (TPSA) is 59.4 Å². The summed E-state index contributed by atoms with van der Waals surface area (Å²) in [6, 6.07) is 7.55. The zero-order valence-electron chi connectivity index (χ0n) is 10.8. The second-order valence-electron chi connectivity index (χ2n) is 3.91. The van der Waals surface area contributed by atoms with Crippen LogP contribution in [0.2, 0.25) is 0 Å². The molecule has 0 fully saturated rings. The lowest BCUT2D eigenvalue weighted by atomic mass is 10.2. The standard InChI is InChI=1S/C14H15NO3S/c1-3-11-12(14(16)17)15-13(19-11)9-6-5-7-10(8-9)18-4-2/h5-8H,3-4H2,1-2H3,(H,16,17). The summed E-state index contributed by atoms with van der Waals surface area (Å²) in [5.41, 5.74) is 1.04. The molecule has 0 aliphatic carbocycles. The number of nitrogens with zero attached hydrogens (tertiary/aromatic N) is 1. The average Bonchev–Trinajstić information content (AvgIpc) is 2.84. The van der Waals surface area contributed by atoms with E-state index in [0.29, 0.717) is 13.0 Å². The summed E-state index contributed by atoms with van der Waals surface area (Å²) in [7, 11) is 0. The maximum atomic E-state index is 11.1. The number of benzene rings is 1. The number of rotatable bonds is 5. The number of carbonyl (C=O) groups is 1. The van der Waals surface area contributed by atoms with E-state index in [4.69, 9.17) is 9.84 Å². The Labute approximate surface area is 115 Å². The molecular formula is C14H15NO3S. The lowest BCUT2D eigenvalue weighted by Gasteiger charge is -2.03. The van der Waals surface area contributed by atoms with E-state index in [1.165, 1.54) is 11.3 Å². The molecule has 1 heterocycles. The molecule has 0 radical (unpaired) electrons. The fourth-order valence-electron chi connectivity index (χ4n) is 1.77. The van der Waals surface area contributed by atoms with Crippen molar-refractivity contribution < 1.29 is 14.6 Å². The first-order chi connectivity index (χ1) is 9.15. The van der Waals surface area contributed by atoms with Crippen molar-refractivity contribution in [3.63, 3.8) is 0 Å². The Hall–Kier alpha value is -1.88. The number of carboxylic acid groups (broad SMARTS) is 1. The minimum Gasteiger partial charge on any atom is -0.494 e. The van der Waals surface area contributed by atoms with Gasteiger partial charge in [0.25, 0.3) is 0 Å². The Morgan fingerprint density at radius 2 is 2.21 bits per heavy atom. The Balaban J connectivity index is 2.41. The summed E-state index contributed by atoms with van der Waals surface area (Å²) in [5.74, 6) is -0.203. The molecule has 5 heteroatoms. The van der Waals surface area contributed by atoms with Crippen LogP contribution in [-0.2, 0) is 6.42 Å². The van der Waals surface area contributed by atoms with E-state index in [9.17, 15) is 4.79 Å². The largest absolute Gasteiger partial charge is 0.494 e. The average molecular weight is 277 g/mol. The first kappa shape index (κ1) is 13.5. The van der Waals surface area contributed by atoms with Crippen LogP contribution in [0.3, 0.4) is 0 Å². The van der Waals surface area contributed by atoms with E-state index in [1.54, 1.807) is 0 Å². The van der Waals surface area contributed by atoms with E-state index in [0.717, 1.165) is 21.2 Å².